The van der Waals surface area contributed by atoms with Crippen LogP contribution in [-0.2, 0) is 6.54 Å². The van der Waals surface area contributed by atoms with Crippen molar-refractivity contribution in [2.75, 3.05) is 19.7 Å². The van der Waals surface area contributed by atoms with Crippen LogP contribution in [0.1, 0.15) is 12.5 Å². The number of aliphatic imine (C=N–C) groups is 1. The fourth-order valence-electron chi connectivity index (χ4n) is 2.66. The number of para-hydroxylation sites is 2. The Balaban J connectivity index is 1.58. The highest BCUT2D eigenvalue weighted by Gasteiger charge is 2.02. The Kier molecular flexibility index (Phi) is 6.42. The van der Waals surface area contributed by atoms with Gasteiger partial charge < -0.3 is 15.4 Å². The lowest BCUT2D eigenvalue weighted by Crippen LogP contribution is -2.39. The molecule has 2 N–H and O–H groups in total. The zero-order valence-corrected chi connectivity index (χ0v) is 15.0. The molecule has 0 spiro atoms. The third kappa shape index (κ3) is 4.96. The minimum Gasteiger partial charge on any atom is -0.492 e. The summed E-state index contributed by atoms with van der Waals surface area (Å²) in [4.78, 5) is 9.16. The van der Waals surface area contributed by atoms with Crippen molar-refractivity contribution in [1.82, 2.24) is 15.6 Å². The number of benzene rings is 2. The molecule has 3 rings (SSSR count). The molecule has 0 aliphatic carbocycles. The van der Waals surface area contributed by atoms with Gasteiger partial charge in [-0.25, -0.2) is 4.99 Å². The third-order valence-electron chi connectivity index (χ3n) is 3.87. The molecule has 0 atom stereocenters. The van der Waals surface area contributed by atoms with E-state index in [0.29, 0.717) is 19.7 Å². The minimum absolute atomic E-state index is 0.573. The fourth-order valence-corrected chi connectivity index (χ4v) is 2.66. The van der Waals surface area contributed by atoms with E-state index in [9.17, 15) is 0 Å². The second-order valence-electron chi connectivity index (χ2n) is 5.78. The highest BCUT2D eigenvalue weighted by atomic mass is 16.5. The smallest absolute Gasteiger partial charge is 0.191 e. The van der Waals surface area contributed by atoms with Crippen LogP contribution in [0.15, 0.2) is 71.9 Å². The maximum atomic E-state index is 5.70. The van der Waals surface area contributed by atoms with Crippen LogP contribution in [-0.4, -0.2) is 30.6 Å². The highest BCUT2D eigenvalue weighted by molar-refractivity contribution is 5.83. The molecule has 0 amide bonds. The second kappa shape index (κ2) is 9.42. The number of nitrogens with one attached hydrogen (secondary N) is 2. The maximum Gasteiger partial charge on any atom is 0.191 e. The van der Waals surface area contributed by atoms with Gasteiger partial charge in [0.15, 0.2) is 5.96 Å². The average Bonchev–Trinajstić information content (AvgIpc) is 2.70. The lowest BCUT2D eigenvalue weighted by atomic mass is 10.1. The van der Waals surface area contributed by atoms with Crippen LogP contribution in [0.5, 0.6) is 5.75 Å². The normalized spacial score (nSPS) is 11.3. The van der Waals surface area contributed by atoms with Crippen LogP contribution in [0.25, 0.3) is 10.9 Å². The number of aromatic nitrogens is 1. The second-order valence-corrected chi connectivity index (χ2v) is 5.78. The molecule has 0 aliphatic heterocycles. The van der Waals surface area contributed by atoms with Gasteiger partial charge in [0, 0.05) is 18.1 Å². The van der Waals surface area contributed by atoms with Crippen molar-refractivity contribution in [3.05, 3.63) is 72.4 Å². The number of pyridine rings is 1. The van der Waals surface area contributed by atoms with Crippen LogP contribution in [0.4, 0.5) is 0 Å². The highest BCUT2D eigenvalue weighted by Crippen LogP contribution is 2.16. The van der Waals surface area contributed by atoms with Crippen LogP contribution in [0.2, 0.25) is 0 Å². The molecule has 0 fully saturated rings. The van der Waals surface area contributed by atoms with E-state index in [4.69, 9.17) is 4.74 Å². The minimum atomic E-state index is 0.573. The predicted molar refractivity (Wildman–Crippen MR) is 106 cm³/mol. The van der Waals surface area contributed by atoms with E-state index in [-0.39, 0.29) is 0 Å². The number of hydrogen-bond donors (Lipinski definition) is 2. The van der Waals surface area contributed by atoms with E-state index in [0.717, 1.165) is 34.7 Å². The van der Waals surface area contributed by atoms with Crippen molar-refractivity contribution in [2.24, 2.45) is 4.99 Å². The zero-order chi connectivity index (χ0) is 18.0. The summed E-state index contributed by atoms with van der Waals surface area (Å²) in [6.45, 7) is 4.68. The number of fused-ring (bicyclic) bond motifs is 1. The van der Waals surface area contributed by atoms with E-state index in [1.54, 1.807) is 0 Å². The Labute approximate surface area is 154 Å². The molecule has 1 heterocycles. The van der Waals surface area contributed by atoms with Crippen LogP contribution < -0.4 is 15.4 Å². The molecular formula is C21H24N4O. The largest absolute Gasteiger partial charge is 0.492 e. The Bertz CT molecular complexity index is 844. The molecule has 0 saturated heterocycles. The molecule has 5 heteroatoms. The molecule has 0 unspecified atom stereocenters. The number of nitrogens with zero attached hydrogens (tertiary/aromatic N) is 2. The number of ether oxygens (including phenoxy) is 1. The van der Waals surface area contributed by atoms with Gasteiger partial charge in [-0.3, -0.25) is 4.98 Å². The molecule has 5 nitrogen and oxygen atoms in total. The first kappa shape index (κ1) is 17.7. The quantitative estimate of drug-likeness (QED) is 0.390. The van der Waals surface area contributed by atoms with Crippen molar-refractivity contribution in [3.63, 3.8) is 0 Å². The van der Waals surface area contributed by atoms with E-state index in [2.05, 4.69) is 45.7 Å². The summed E-state index contributed by atoms with van der Waals surface area (Å²) >= 11 is 0. The van der Waals surface area contributed by atoms with Gasteiger partial charge in [0.2, 0.25) is 0 Å². The van der Waals surface area contributed by atoms with Gasteiger partial charge in [-0.2, -0.15) is 0 Å². The molecule has 1 aromatic heterocycles. The molecule has 0 saturated carbocycles. The molecule has 0 aliphatic rings. The molecule has 0 radical (unpaired) electrons. The molecule has 2 aromatic carbocycles. The van der Waals surface area contributed by atoms with Crippen LogP contribution in [0.3, 0.4) is 0 Å². The van der Waals surface area contributed by atoms with Gasteiger partial charge in [0.1, 0.15) is 12.4 Å². The van der Waals surface area contributed by atoms with Crippen molar-refractivity contribution in [2.45, 2.75) is 13.5 Å². The van der Waals surface area contributed by atoms with Gasteiger partial charge in [-0.05, 0) is 30.7 Å². The summed E-state index contributed by atoms with van der Waals surface area (Å²) in [7, 11) is 0. The van der Waals surface area contributed by atoms with Crippen LogP contribution >= 0.6 is 0 Å². The van der Waals surface area contributed by atoms with Crippen molar-refractivity contribution in [1.29, 1.82) is 0 Å². The molecule has 134 valence electrons. The average molecular weight is 348 g/mol. The van der Waals surface area contributed by atoms with Crippen molar-refractivity contribution >= 4 is 16.9 Å². The van der Waals surface area contributed by atoms with Gasteiger partial charge in [-0.15, -0.1) is 0 Å². The summed E-state index contributed by atoms with van der Waals surface area (Å²) < 4.78 is 5.70. The topological polar surface area (TPSA) is 58.5 Å². The van der Waals surface area contributed by atoms with E-state index < -0.39 is 0 Å². The number of guanidine groups is 1. The Morgan fingerprint density at radius 2 is 1.85 bits per heavy atom. The van der Waals surface area contributed by atoms with Crippen LogP contribution in [0, 0.1) is 0 Å². The summed E-state index contributed by atoms with van der Waals surface area (Å²) in [5.74, 6) is 1.65. The molecule has 0 bridgehead atoms. The zero-order valence-electron chi connectivity index (χ0n) is 15.0. The van der Waals surface area contributed by atoms with E-state index in [1.165, 1.54) is 0 Å². The van der Waals surface area contributed by atoms with Gasteiger partial charge in [0.05, 0.1) is 18.6 Å². The summed E-state index contributed by atoms with van der Waals surface area (Å²) in [6, 6.07) is 20.0. The Hall–Kier alpha value is -3.08. The molecule has 3 aromatic rings. The van der Waals surface area contributed by atoms with Crippen molar-refractivity contribution in [3.8, 4) is 5.75 Å². The third-order valence-corrected chi connectivity index (χ3v) is 3.87. The van der Waals surface area contributed by atoms with E-state index >= 15 is 0 Å². The van der Waals surface area contributed by atoms with Gasteiger partial charge in [0.25, 0.3) is 0 Å². The summed E-state index contributed by atoms with van der Waals surface area (Å²) in [6.07, 6.45) is 1.82. The maximum absolute atomic E-state index is 5.70. The van der Waals surface area contributed by atoms with Gasteiger partial charge in [-0.1, -0.05) is 42.5 Å². The number of rotatable bonds is 7. The first-order chi connectivity index (χ1) is 12.9. The molecule has 26 heavy (non-hydrogen) atoms. The first-order valence-corrected chi connectivity index (χ1v) is 8.89. The lowest BCUT2D eigenvalue weighted by molar-refractivity contribution is 0.322. The standard InChI is InChI=1S/C21H24N4O/c1-2-22-21(24-14-15-26-19-11-4-3-5-12-19)25-16-18-9-6-8-17-10-7-13-23-20(17)18/h3-13H,2,14-16H2,1H3,(H2,22,24,25). The SMILES string of the molecule is CCNC(=NCc1cccc2cccnc12)NCCOc1ccccc1. The Morgan fingerprint density at radius 1 is 1.00 bits per heavy atom. The molecular weight excluding hydrogens is 324 g/mol. The van der Waals surface area contributed by atoms with Crippen molar-refractivity contribution < 1.29 is 4.74 Å². The monoisotopic (exact) mass is 348 g/mol. The summed E-state index contributed by atoms with van der Waals surface area (Å²) in [5.41, 5.74) is 2.11. The first-order valence-electron chi connectivity index (χ1n) is 8.89. The lowest BCUT2D eigenvalue weighted by Gasteiger charge is -2.12. The fraction of sp³-hybridized carbons (Fsp3) is 0.238. The number of hydrogen-bond acceptors (Lipinski definition) is 3. The predicted octanol–water partition coefficient (Wildman–Crippen LogP) is 3.37. The van der Waals surface area contributed by atoms with Gasteiger partial charge >= 0.3 is 0 Å². The Morgan fingerprint density at radius 3 is 2.69 bits per heavy atom. The van der Waals surface area contributed by atoms with E-state index in [1.807, 2.05) is 48.7 Å². The summed E-state index contributed by atoms with van der Waals surface area (Å²) in [5, 5.41) is 7.70.